The normalized spacial score (nSPS) is 13.9. The average Bonchev–Trinajstić information content (AvgIpc) is 3.68. The molecule has 284 valence electrons. The number of halogens is 1. The van der Waals surface area contributed by atoms with Crippen molar-refractivity contribution in [1.82, 2.24) is 5.01 Å². The van der Waals surface area contributed by atoms with Crippen molar-refractivity contribution in [2.24, 2.45) is 5.10 Å². The molecular formula is C44H38ClN3O7S. The van der Waals surface area contributed by atoms with E-state index >= 15 is 0 Å². The fourth-order valence-corrected chi connectivity index (χ4v) is 8.19. The van der Waals surface area contributed by atoms with E-state index in [1.165, 1.54) is 33.6 Å². The highest BCUT2D eigenvalue weighted by Gasteiger charge is 2.34. The summed E-state index contributed by atoms with van der Waals surface area (Å²) in [4.78, 5) is 27.2. The molecule has 6 aromatic carbocycles. The molecule has 1 atom stereocenters. The van der Waals surface area contributed by atoms with E-state index in [2.05, 4.69) is 0 Å². The second-order valence-electron chi connectivity index (χ2n) is 13.0. The van der Waals surface area contributed by atoms with Gasteiger partial charge in [-0.15, -0.1) is 0 Å². The second-order valence-corrected chi connectivity index (χ2v) is 15.3. The largest absolute Gasteiger partial charge is 0.497 e. The van der Waals surface area contributed by atoms with Gasteiger partial charge >= 0.3 is 5.97 Å². The second kappa shape index (κ2) is 16.7. The maximum Gasteiger partial charge on any atom is 0.338 e. The Hall–Kier alpha value is -6.17. The monoisotopic (exact) mass is 787 g/mol. The molecule has 1 aliphatic heterocycles. The number of carbonyl (C=O) groups is 2. The van der Waals surface area contributed by atoms with Gasteiger partial charge in [-0.2, -0.15) is 5.10 Å². The lowest BCUT2D eigenvalue weighted by Crippen LogP contribution is -2.32. The third-order valence-corrected chi connectivity index (χ3v) is 11.4. The number of nitrogens with zero attached hydrogens (tertiary/aromatic N) is 3. The van der Waals surface area contributed by atoms with Crippen LogP contribution < -0.4 is 13.8 Å². The van der Waals surface area contributed by atoms with Gasteiger partial charge in [-0.3, -0.25) is 9.10 Å². The van der Waals surface area contributed by atoms with Crippen molar-refractivity contribution in [2.45, 2.75) is 30.8 Å². The summed E-state index contributed by atoms with van der Waals surface area (Å²) in [6.07, 6.45) is 0.434. The number of sulfonamides is 1. The van der Waals surface area contributed by atoms with E-state index in [-0.39, 0.29) is 17.0 Å². The molecule has 12 heteroatoms. The van der Waals surface area contributed by atoms with E-state index in [0.29, 0.717) is 46.5 Å². The topological polar surface area (TPSA) is 115 Å². The van der Waals surface area contributed by atoms with Gasteiger partial charge in [0.15, 0.2) is 6.61 Å². The molecule has 10 nitrogen and oxygen atoms in total. The van der Waals surface area contributed by atoms with Crippen molar-refractivity contribution in [3.05, 3.63) is 167 Å². The third kappa shape index (κ3) is 8.24. The number of hydrogen-bond donors (Lipinski definition) is 0. The van der Waals surface area contributed by atoms with E-state index in [0.717, 1.165) is 21.9 Å². The van der Waals surface area contributed by atoms with Crippen LogP contribution in [0.1, 0.15) is 46.4 Å². The summed E-state index contributed by atoms with van der Waals surface area (Å²) < 4.78 is 46.7. The van der Waals surface area contributed by atoms with Crippen LogP contribution in [0, 0.1) is 0 Å². The number of esters is 1. The summed E-state index contributed by atoms with van der Waals surface area (Å²) >= 11 is 6.11. The number of methoxy groups -OCH3 is 1. The number of para-hydroxylation sites is 2. The van der Waals surface area contributed by atoms with Crippen molar-refractivity contribution in [2.75, 3.05) is 24.6 Å². The Balaban J connectivity index is 1.13. The lowest BCUT2D eigenvalue weighted by molar-refractivity contribution is -0.136. The number of benzene rings is 6. The molecule has 6 aromatic rings. The molecule has 1 aliphatic rings. The minimum atomic E-state index is -4.28. The van der Waals surface area contributed by atoms with E-state index < -0.39 is 34.5 Å². The molecule has 0 bridgehead atoms. The van der Waals surface area contributed by atoms with Crippen LogP contribution in [0.3, 0.4) is 0 Å². The van der Waals surface area contributed by atoms with Gasteiger partial charge in [-0.05, 0) is 95.1 Å². The predicted octanol–water partition coefficient (Wildman–Crippen LogP) is 8.83. The molecule has 0 aromatic heterocycles. The van der Waals surface area contributed by atoms with Crippen LogP contribution in [0.4, 0.5) is 5.69 Å². The van der Waals surface area contributed by atoms with Crippen LogP contribution in [-0.4, -0.2) is 51.3 Å². The summed E-state index contributed by atoms with van der Waals surface area (Å²) in [5.41, 5.74) is 3.38. The van der Waals surface area contributed by atoms with Crippen LogP contribution in [0.2, 0.25) is 5.02 Å². The maximum absolute atomic E-state index is 14.4. The molecule has 7 rings (SSSR count). The van der Waals surface area contributed by atoms with Gasteiger partial charge in [0, 0.05) is 11.4 Å². The quantitative estimate of drug-likeness (QED) is 0.108. The number of carbonyl (C=O) groups excluding carboxylic acids is 2. The van der Waals surface area contributed by atoms with Crippen molar-refractivity contribution >= 4 is 55.7 Å². The van der Waals surface area contributed by atoms with Crippen molar-refractivity contribution in [3.63, 3.8) is 0 Å². The minimum absolute atomic E-state index is 0.0420. The fraction of sp³-hybridized carbons (Fsp3) is 0.159. The molecule has 0 saturated carbocycles. The molecule has 0 fully saturated rings. The molecule has 0 saturated heterocycles. The van der Waals surface area contributed by atoms with Gasteiger partial charge in [0.2, 0.25) is 0 Å². The number of amides is 1. The van der Waals surface area contributed by atoms with Crippen LogP contribution in [0.25, 0.3) is 10.8 Å². The highest BCUT2D eigenvalue weighted by molar-refractivity contribution is 7.92. The Morgan fingerprint density at radius 2 is 1.57 bits per heavy atom. The Bertz CT molecular complexity index is 2530. The number of hydrazone groups is 1. The SMILES string of the molecule is CCOc1ccccc1N(Cc1ccc(Cl)cc1)S(=O)(=O)c1cccc(C(=O)OCC(=O)N2N=C(c3ccc4ccccc4c3)CC2c2ccc(OC)cc2)c1. The molecule has 0 radical (unpaired) electrons. The summed E-state index contributed by atoms with van der Waals surface area (Å²) in [7, 11) is -2.70. The van der Waals surface area contributed by atoms with Crippen LogP contribution >= 0.6 is 11.6 Å². The number of hydrogen-bond acceptors (Lipinski definition) is 8. The van der Waals surface area contributed by atoms with E-state index in [4.69, 9.17) is 30.9 Å². The van der Waals surface area contributed by atoms with Gasteiger partial charge in [0.1, 0.15) is 11.5 Å². The molecule has 1 heterocycles. The van der Waals surface area contributed by atoms with E-state index in [1.807, 2.05) is 73.7 Å². The van der Waals surface area contributed by atoms with Crippen LogP contribution in [0.5, 0.6) is 11.5 Å². The number of fused-ring (bicyclic) bond motifs is 1. The number of anilines is 1. The van der Waals surface area contributed by atoms with Crippen molar-refractivity contribution in [3.8, 4) is 11.5 Å². The zero-order valence-corrected chi connectivity index (χ0v) is 32.2. The zero-order chi connectivity index (χ0) is 39.2. The van der Waals surface area contributed by atoms with E-state index in [9.17, 15) is 18.0 Å². The summed E-state index contributed by atoms with van der Waals surface area (Å²) in [5, 5.41) is 8.74. The van der Waals surface area contributed by atoms with Crippen molar-refractivity contribution in [1.29, 1.82) is 0 Å². The summed E-state index contributed by atoms with van der Waals surface area (Å²) in [6.45, 7) is 1.47. The summed E-state index contributed by atoms with van der Waals surface area (Å²) in [5.74, 6) is -0.360. The molecule has 1 unspecified atom stereocenters. The van der Waals surface area contributed by atoms with E-state index in [1.54, 1.807) is 55.6 Å². The first kappa shape index (κ1) is 38.1. The van der Waals surface area contributed by atoms with Crippen LogP contribution in [-0.2, 0) is 26.1 Å². The molecule has 0 N–H and O–H groups in total. The first-order valence-corrected chi connectivity index (χ1v) is 19.8. The molecule has 1 amide bonds. The Morgan fingerprint density at radius 1 is 0.839 bits per heavy atom. The van der Waals surface area contributed by atoms with Gasteiger partial charge in [-0.25, -0.2) is 18.2 Å². The van der Waals surface area contributed by atoms with Crippen LogP contribution in [0.15, 0.2) is 150 Å². The fourth-order valence-electron chi connectivity index (χ4n) is 6.55. The molecule has 56 heavy (non-hydrogen) atoms. The molecular weight excluding hydrogens is 750 g/mol. The highest BCUT2D eigenvalue weighted by Crippen LogP contribution is 2.36. The first-order chi connectivity index (χ1) is 27.1. The Kier molecular flexibility index (Phi) is 11.4. The number of ether oxygens (including phenoxy) is 3. The standard InChI is InChI=1S/C44H38ClN3O7S/c1-3-54-42-14-7-6-13-40(42)47(28-30-15-21-36(45)22-16-30)56(51,52)38-12-8-11-35(26-38)44(50)55-29-43(49)48-41(32-19-23-37(53-2)24-20-32)27-39(46-48)34-18-17-31-9-4-5-10-33(31)25-34/h4-26,41H,3,27-29H2,1-2H3. The molecule has 0 aliphatic carbocycles. The lowest BCUT2D eigenvalue weighted by Gasteiger charge is -2.26. The van der Waals surface area contributed by atoms with Gasteiger partial charge in [-0.1, -0.05) is 90.5 Å². The predicted molar refractivity (Wildman–Crippen MR) is 217 cm³/mol. The van der Waals surface area contributed by atoms with Gasteiger partial charge in [0.25, 0.3) is 15.9 Å². The minimum Gasteiger partial charge on any atom is -0.497 e. The smallest absolute Gasteiger partial charge is 0.338 e. The number of rotatable bonds is 13. The summed E-state index contributed by atoms with van der Waals surface area (Å²) in [6, 6.07) is 40.2. The first-order valence-electron chi connectivity index (χ1n) is 17.9. The third-order valence-electron chi connectivity index (χ3n) is 9.41. The zero-order valence-electron chi connectivity index (χ0n) is 30.7. The lowest BCUT2D eigenvalue weighted by atomic mass is 9.97. The maximum atomic E-state index is 14.4. The molecule has 0 spiro atoms. The average molecular weight is 788 g/mol. The van der Waals surface area contributed by atoms with Gasteiger partial charge < -0.3 is 14.2 Å². The van der Waals surface area contributed by atoms with Crippen molar-refractivity contribution < 1.29 is 32.2 Å². The Morgan fingerprint density at radius 3 is 2.32 bits per heavy atom. The highest BCUT2D eigenvalue weighted by atomic mass is 35.5. The van der Waals surface area contributed by atoms with Gasteiger partial charge in [0.05, 0.1) is 48.2 Å². The Labute approximate surface area is 330 Å².